The van der Waals surface area contributed by atoms with Crippen LogP contribution in [0.1, 0.15) is 51.1 Å². The number of nitrogens with one attached hydrogen (secondary N) is 2. The van der Waals surface area contributed by atoms with E-state index in [0.29, 0.717) is 30.0 Å². The molecule has 35 heavy (non-hydrogen) atoms. The van der Waals surface area contributed by atoms with Crippen molar-refractivity contribution in [1.82, 2.24) is 4.31 Å². The van der Waals surface area contributed by atoms with Crippen molar-refractivity contribution >= 4 is 33.2 Å². The Labute approximate surface area is 206 Å². The van der Waals surface area contributed by atoms with Gasteiger partial charge < -0.3 is 10.6 Å². The summed E-state index contributed by atoms with van der Waals surface area (Å²) in [5, 5.41) is 5.66. The van der Waals surface area contributed by atoms with Crippen LogP contribution in [0.5, 0.6) is 0 Å². The molecular formula is C27H29N3O4S. The van der Waals surface area contributed by atoms with Crippen molar-refractivity contribution in [1.29, 1.82) is 0 Å². The third-order valence-electron chi connectivity index (χ3n) is 6.10. The largest absolute Gasteiger partial charge is 0.322 e. The Morgan fingerprint density at radius 1 is 0.771 bits per heavy atom. The van der Waals surface area contributed by atoms with E-state index in [2.05, 4.69) is 10.6 Å². The second-order valence-electron chi connectivity index (χ2n) is 8.76. The van der Waals surface area contributed by atoms with Gasteiger partial charge in [-0.3, -0.25) is 9.59 Å². The first-order valence-electron chi connectivity index (χ1n) is 11.6. The van der Waals surface area contributed by atoms with Crippen LogP contribution in [0.3, 0.4) is 0 Å². The molecule has 2 amide bonds. The molecule has 1 saturated heterocycles. The zero-order chi connectivity index (χ0) is 25.0. The summed E-state index contributed by atoms with van der Waals surface area (Å²) in [5.41, 5.74) is 3.57. The molecule has 3 aromatic rings. The summed E-state index contributed by atoms with van der Waals surface area (Å²) in [5.74, 6) is -0.846. The van der Waals surface area contributed by atoms with Crippen LogP contribution in [0.2, 0.25) is 0 Å². The normalized spacial score (nSPS) is 14.3. The molecule has 0 saturated carbocycles. The Morgan fingerprint density at radius 2 is 1.49 bits per heavy atom. The zero-order valence-electron chi connectivity index (χ0n) is 19.9. The fourth-order valence-corrected chi connectivity index (χ4v) is 5.74. The number of para-hydroxylation sites is 1. The number of piperidine rings is 1. The number of rotatable bonds is 6. The number of carbonyl (C=O) groups is 2. The van der Waals surface area contributed by atoms with Gasteiger partial charge in [0.15, 0.2) is 0 Å². The summed E-state index contributed by atoms with van der Waals surface area (Å²) in [4.78, 5) is 26.1. The summed E-state index contributed by atoms with van der Waals surface area (Å²) < 4.78 is 27.5. The van der Waals surface area contributed by atoms with E-state index >= 15 is 0 Å². The standard InChI is InChI=1S/C27H29N3O4S/c1-19-13-14-24(20(2)17-19)28-27(32)23-11-4-5-12-25(23)29-26(31)21-9-8-10-22(18-21)35(33,34)30-15-6-3-7-16-30/h4-5,8-14,17-18H,3,6-7,15-16H2,1-2H3,(H,28,32)(H,29,31). The number of anilines is 2. The van der Waals surface area contributed by atoms with Crippen molar-refractivity contribution < 1.29 is 18.0 Å². The molecule has 1 aliphatic heterocycles. The summed E-state index contributed by atoms with van der Waals surface area (Å²) >= 11 is 0. The van der Waals surface area contributed by atoms with E-state index in [-0.39, 0.29) is 16.4 Å². The fourth-order valence-electron chi connectivity index (χ4n) is 4.18. The zero-order valence-corrected chi connectivity index (χ0v) is 20.7. The van der Waals surface area contributed by atoms with Crippen molar-refractivity contribution in [2.75, 3.05) is 23.7 Å². The second kappa shape index (κ2) is 10.4. The topological polar surface area (TPSA) is 95.6 Å². The van der Waals surface area contributed by atoms with Crippen molar-refractivity contribution in [3.63, 3.8) is 0 Å². The second-order valence-corrected chi connectivity index (χ2v) is 10.7. The number of benzene rings is 3. The molecule has 182 valence electrons. The monoisotopic (exact) mass is 491 g/mol. The van der Waals surface area contributed by atoms with Crippen LogP contribution < -0.4 is 10.6 Å². The predicted molar refractivity (Wildman–Crippen MR) is 137 cm³/mol. The molecular weight excluding hydrogens is 462 g/mol. The molecule has 2 N–H and O–H groups in total. The molecule has 4 rings (SSSR count). The molecule has 0 bridgehead atoms. The van der Waals surface area contributed by atoms with Crippen molar-refractivity contribution in [2.24, 2.45) is 0 Å². The van der Waals surface area contributed by atoms with Crippen LogP contribution >= 0.6 is 0 Å². The van der Waals surface area contributed by atoms with Crippen molar-refractivity contribution in [2.45, 2.75) is 38.0 Å². The van der Waals surface area contributed by atoms with Gasteiger partial charge in [0.25, 0.3) is 11.8 Å². The molecule has 0 spiro atoms. The van der Waals surface area contributed by atoms with Crippen molar-refractivity contribution in [3.05, 3.63) is 89.0 Å². The van der Waals surface area contributed by atoms with Gasteiger partial charge >= 0.3 is 0 Å². The van der Waals surface area contributed by atoms with Crippen LogP contribution in [-0.2, 0) is 10.0 Å². The average Bonchev–Trinajstić information content (AvgIpc) is 2.86. The Kier molecular flexibility index (Phi) is 7.33. The molecule has 3 aromatic carbocycles. The van der Waals surface area contributed by atoms with Gasteiger partial charge in [0.05, 0.1) is 16.1 Å². The summed E-state index contributed by atoms with van der Waals surface area (Å²) in [6.45, 7) is 4.88. The fraction of sp³-hybridized carbons (Fsp3) is 0.259. The minimum atomic E-state index is -3.67. The molecule has 1 aliphatic rings. The maximum Gasteiger partial charge on any atom is 0.257 e. The van der Waals surface area contributed by atoms with Crippen LogP contribution in [0.25, 0.3) is 0 Å². The molecule has 1 fully saturated rings. The quantitative estimate of drug-likeness (QED) is 0.508. The lowest BCUT2D eigenvalue weighted by molar-refractivity contribution is 0.102. The number of hydrogen-bond acceptors (Lipinski definition) is 4. The summed E-state index contributed by atoms with van der Waals surface area (Å²) in [7, 11) is -3.67. The Hall–Kier alpha value is -3.49. The Morgan fingerprint density at radius 3 is 2.23 bits per heavy atom. The number of nitrogens with zero attached hydrogens (tertiary/aromatic N) is 1. The molecule has 8 heteroatoms. The third-order valence-corrected chi connectivity index (χ3v) is 7.99. The van der Waals surface area contributed by atoms with Crippen molar-refractivity contribution in [3.8, 4) is 0 Å². The first-order valence-corrected chi connectivity index (χ1v) is 13.1. The van der Waals surface area contributed by atoms with Gasteiger partial charge in [-0.15, -0.1) is 0 Å². The minimum Gasteiger partial charge on any atom is -0.322 e. The number of hydrogen-bond donors (Lipinski definition) is 2. The number of carbonyl (C=O) groups excluding carboxylic acids is 2. The first kappa shape index (κ1) is 24.6. The molecule has 0 aromatic heterocycles. The smallest absolute Gasteiger partial charge is 0.257 e. The van der Waals surface area contributed by atoms with E-state index in [9.17, 15) is 18.0 Å². The highest BCUT2D eigenvalue weighted by atomic mass is 32.2. The predicted octanol–water partition coefficient (Wildman–Crippen LogP) is 4.98. The molecule has 0 unspecified atom stereocenters. The molecule has 7 nitrogen and oxygen atoms in total. The van der Waals surface area contributed by atoms with Gasteiger partial charge in [-0.2, -0.15) is 4.31 Å². The van der Waals surface area contributed by atoms with Gasteiger partial charge in [0, 0.05) is 24.3 Å². The molecule has 0 radical (unpaired) electrons. The van der Waals surface area contributed by atoms with Crippen LogP contribution in [-0.4, -0.2) is 37.6 Å². The van der Waals surface area contributed by atoms with E-state index in [0.717, 1.165) is 30.4 Å². The average molecular weight is 492 g/mol. The number of sulfonamides is 1. The van der Waals surface area contributed by atoms with Gasteiger partial charge in [-0.25, -0.2) is 8.42 Å². The van der Waals surface area contributed by atoms with Crippen LogP contribution in [0.4, 0.5) is 11.4 Å². The lowest BCUT2D eigenvalue weighted by Gasteiger charge is -2.26. The highest BCUT2D eigenvalue weighted by molar-refractivity contribution is 7.89. The van der Waals surface area contributed by atoms with Gasteiger partial charge in [0.2, 0.25) is 10.0 Å². The lowest BCUT2D eigenvalue weighted by Crippen LogP contribution is -2.35. The molecule has 1 heterocycles. The molecule has 0 aliphatic carbocycles. The highest BCUT2D eigenvalue weighted by Gasteiger charge is 2.26. The molecule has 0 atom stereocenters. The van der Waals surface area contributed by atoms with Crippen LogP contribution in [0, 0.1) is 13.8 Å². The van der Waals surface area contributed by atoms with E-state index < -0.39 is 15.9 Å². The van der Waals surface area contributed by atoms with Gasteiger partial charge in [0.1, 0.15) is 0 Å². The number of aryl methyl sites for hydroxylation is 2. The first-order chi connectivity index (χ1) is 16.8. The van der Waals surface area contributed by atoms with Gasteiger partial charge in [-0.05, 0) is 68.7 Å². The van der Waals surface area contributed by atoms with Gasteiger partial charge in [-0.1, -0.05) is 42.3 Å². The van der Waals surface area contributed by atoms with E-state index in [1.165, 1.54) is 16.4 Å². The Bertz CT molecular complexity index is 1360. The van der Waals surface area contributed by atoms with E-state index in [1.54, 1.807) is 36.4 Å². The third kappa shape index (κ3) is 5.61. The summed E-state index contributed by atoms with van der Waals surface area (Å²) in [6.07, 6.45) is 2.69. The van der Waals surface area contributed by atoms with Crippen LogP contribution in [0.15, 0.2) is 71.6 Å². The van der Waals surface area contributed by atoms with E-state index in [4.69, 9.17) is 0 Å². The maximum atomic E-state index is 13.0. The SMILES string of the molecule is Cc1ccc(NC(=O)c2ccccc2NC(=O)c2cccc(S(=O)(=O)N3CCCCC3)c2)c(C)c1. The maximum absolute atomic E-state index is 13.0. The Balaban J connectivity index is 1.54. The number of amides is 2. The minimum absolute atomic E-state index is 0.0907. The summed E-state index contributed by atoms with van der Waals surface area (Å²) in [6, 6.07) is 18.5. The van der Waals surface area contributed by atoms with E-state index in [1.807, 2.05) is 32.0 Å². The highest BCUT2D eigenvalue weighted by Crippen LogP contribution is 2.24. The lowest BCUT2D eigenvalue weighted by atomic mass is 10.1.